The van der Waals surface area contributed by atoms with Crippen LogP contribution in [-0.2, 0) is 14.6 Å². The minimum atomic E-state index is -3.04. The van der Waals surface area contributed by atoms with Crippen molar-refractivity contribution in [2.45, 2.75) is 32.6 Å². The highest BCUT2D eigenvalue weighted by Gasteiger charge is 2.32. The maximum atomic E-state index is 13.2. The summed E-state index contributed by atoms with van der Waals surface area (Å²) in [6, 6.07) is 3.77. The topological polar surface area (TPSA) is 86.8 Å². The molecule has 0 atom stereocenters. The van der Waals surface area contributed by atoms with Crippen molar-refractivity contribution in [1.82, 2.24) is 4.90 Å². The Kier molecular flexibility index (Phi) is 5.07. The van der Waals surface area contributed by atoms with E-state index in [9.17, 15) is 18.0 Å². The smallest absolute Gasteiger partial charge is 0.256 e. The zero-order chi connectivity index (χ0) is 19.9. The highest BCUT2D eigenvalue weighted by molar-refractivity contribution is 7.91. The lowest BCUT2D eigenvalue weighted by molar-refractivity contribution is -0.117. The summed E-state index contributed by atoms with van der Waals surface area (Å²) in [6.45, 7) is 4.13. The van der Waals surface area contributed by atoms with Gasteiger partial charge in [0.2, 0.25) is 5.91 Å². The van der Waals surface area contributed by atoms with Gasteiger partial charge in [-0.25, -0.2) is 8.42 Å². The average molecular weight is 406 g/mol. The molecule has 8 heteroatoms. The first-order valence-electron chi connectivity index (χ1n) is 10.0. The number of carbonyl (C=O) groups is 2. The highest BCUT2D eigenvalue weighted by atomic mass is 32.2. The SMILES string of the molecule is Cc1cc(C(=O)N2CCS(=O)(=O)CC2)c(N2CCCC2)cc1NC(=O)C1CC1. The summed E-state index contributed by atoms with van der Waals surface area (Å²) >= 11 is 0. The Morgan fingerprint density at radius 3 is 2.29 bits per heavy atom. The van der Waals surface area contributed by atoms with Crippen molar-refractivity contribution in [1.29, 1.82) is 0 Å². The second-order valence-corrected chi connectivity index (χ2v) is 10.4. The molecule has 0 aromatic heterocycles. The Balaban J connectivity index is 1.64. The molecule has 0 bridgehead atoms. The van der Waals surface area contributed by atoms with Crippen LogP contribution in [0.1, 0.15) is 41.6 Å². The van der Waals surface area contributed by atoms with Crippen LogP contribution in [0.2, 0.25) is 0 Å². The molecule has 1 aromatic rings. The lowest BCUT2D eigenvalue weighted by atomic mass is 10.0. The van der Waals surface area contributed by atoms with Crippen LogP contribution in [0.15, 0.2) is 12.1 Å². The van der Waals surface area contributed by atoms with Gasteiger partial charge in [0, 0.05) is 37.8 Å². The van der Waals surface area contributed by atoms with Crippen molar-refractivity contribution in [3.05, 3.63) is 23.3 Å². The molecule has 2 aliphatic heterocycles. The van der Waals surface area contributed by atoms with E-state index < -0.39 is 9.84 Å². The van der Waals surface area contributed by atoms with Gasteiger partial charge < -0.3 is 15.1 Å². The van der Waals surface area contributed by atoms with Crippen molar-refractivity contribution in [3.63, 3.8) is 0 Å². The molecule has 152 valence electrons. The number of nitrogens with zero attached hydrogens (tertiary/aromatic N) is 2. The molecule has 1 saturated carbocycles. The van der Waals surface area contributed by atoms with E-state index in [4.69, 9.17) is 0 Å². The normalized spacial score (nSPS) is 21.6. The van der Waals surface area contributed by atoms with E-state index in [-0.39, 0.29) is 42.3 Å². The van der Waals surface area contributed by atoms with Gasteiger partial charge in [-0.3, -0.25) is 9.59 Å². The van der Waals surface area contributed by atoms with E-state index in [1.807, 2.05) is 19.1 Å². The number of amides is 2. The Labute approximate surface area is 166 Å². The molecule has 2 amide bonds. The zero-order valence-electron chi connectivity index (χ0n) is 16.2. The monoisotopic (exact) mass is 405 g/mol. The molecular weight excluding hydrogens is 378 g/mol. The second-order valence-electron chi connectivity index (χ2n) is 8.09. The van der Waals surface area contributed by atoms with Gasteiger partial charge >= 0.3 is 0 Å². The van der Waals surface area contributed by atoms with Gasteiger partial charge in [0.05, 0.1) is 22.8 Å². The van der Waals surface area contributed by atoms with E-state index in [1.54, 1.807) is 4.90 Å². The summed E-state index contributed by atoms with van der Waals surface area (Å²) in [7, 11) is -3.04. The minimum absolute atomic E-state index is 0.0201. The number of rotatable bonds is 4. The van der Waals surface area contributed by atoms with Crippen LogP contribution in [0.4, 0.5) is 11.4 Å². The molecular formula is C20H27N3O4S. The molecule has 28 heavy (non-hydrogen) atoms. The van der Waals surface area contributed by atoms with E-state index >= 15 is 0 Å². The number of hydrogen-bond acceptors (Lipinski definition) is 5. The maximum Gasteiger partial charge on any atom is 0.256 e. The number of carbonyl (C=O) groups excluding carboxylic acids is 2. The van der Waals surface area contributed by atoms with Gasteiger partial charge in [-0.05, 0) is 50.3 Å². The number of benzene rings is 1. The van der Waals surface area contributed by atoms with Crippen LogP contribution in [0.3, 0.4) is 0 Å². The second kappa shape index (κ2) is 7.39. The number of sulfone groups is 1. The Morgan fingerprint density at radius 2 is 1.68 bits per heavy atom. The minimum Gasteiger partial charge on any atom is -0.371 e. The quantitative estimate of drug-likeness (QED) is 0.826. The van der Waals surface area contributed by atoms with Crippen LogP contribution >= 0.6 is 0 Å². The summed E-state index contributed by atoms with van der Waals surface area (Å²) in [5.74, 6) is 0.0838. The first-order valence-corrected chi connectivity index (χ1v) is 11.9. The predicted octanol–water partition coefficient (Wildman–Crippen LogP) is 1.81. The predicted molar refractivity (Wildman–Crippen MR) is 109 cm³/mol. The molecule has 3 aliphatic rings. The van der Waals surface area contributed by atoms with Gasteiger partial charge in [0.15, 0.2) is 9.84 Å². The third-order valence-corrected chi connectivity index (χ3v) is 7.47. The maximum absolute atomic E-state index is 13.2. The molecule has 1 N–H and O–H groups in total. The molecule has 1 aromatic carbocycles. The lowest BCUT2D eigenvalue weighted by Gasteiger charge is -2.30. The lowest BCUT2D eigenvalue weighted by Crippen LogP contribution is -2.44. The highest BCUT2D eigenvalue weighted by Crippen LogP contribution is 2.34. The summed E-state index contributed by atoms with van der Waals surface area (Å²) in [5, 5.41) is 3.02. The Bertz CT molecular complexity index is 888. The van der Waals surface area contributed by atoms with Crippen LogP contribution in [-0.4, -0.2) is 62.8 Å². The van der Waals surface area contributed by atoms with Crippen LogP contribution in [0, 0.1) is 12.8 Å². The molecule has 2 saturated heterocycles. The first-order chi connectivity index (χ1) is 13.3. The van der Waals surface area contributed by atoms with E-state index in [2.05, 4.69) is 10.2 Å². The van der Waals surface area contributed by atoms with Gasteiger partial charge in [-0.15, -0.1) is 0 Å². The van der Waals surface area contributed by atoms with Gasteiger partial charge in [0.25, 0.3) is 5.91 Å². The molecule has 4 rings (SSSR count). The van der Waals surface area contributed by atoms with Crippen molar-refractivity contribution in [2.75, 3.05) is 47.9 Å². The van der Waals surface area contributed by atoms with E-state index in [1.165, 1.54) is 0 Å². The van der Waals surface area contributed by atoms with Gasteiger partial charge in [-0.1, -0.05) is 0 Å². The molecule has 3 fully saturated rings. The summed E-state index contributed by atoms with van der Waals surface area (Å²) in [4.78, 5) is 29.3. The van der Waals surface area contributed by atoms with Crippen LogP contribution in [0.25, 0.3) is 0 Å². The largest absolute Gasteiger partial charge is 0.371 e. The summed E-state index contributed by atoms with van der Waals surface area (Å²) < 4.78 is 23.4. The first kappa shape index (κ1) is 19.2. The van der Waals surface area contributed by atoms with Gasteiger partial charge in [-0.2, -0.15) is 0 Å². The zero-order valence-corrected chi connectivity index (χ0v) is 17.1. The number of nitrogens with one attached hydrogen (secondary N) is 1. The van der Waals surface area contributed by atoms with Crippen molar-refractivity contribution in [3.8, 4) is 0 Å². The Hall–Kier alpha value is -2.09. The number of aryl methyl sites for hydroxylation is 1. The summed E-state index contributed by atoms with van der Waals surface area (Å²) in [5.41, 5.74) is 3.05. The molecule has 0 unspecified atom stereocenters. The molecule has 7 nitrogen and oxygen atoms in total. The van der Waals surface area contributed by atoms with Crippen molar-refractivity contribution in [2.24, 2.45) is 5.92 Å². The summed E-state index contributed by atoms with van der Waals surface area (Å²) in [6.07, 6.45) is 4.04. The molecule has 1 aliphatic carbocycles. The number of hydrogen-bond donors (Lipinski definition) is 1. The van der Waals surface area contributed by atoms with Crippen LogP contribution in [0.5, 0.6) is 0 Å². The number of anilines is 2. The molecule has 2 heterocycles. The van der Waals surface area contributed by atoms with E-state index in [0.29, 0.717) is 5.56 Å². The third-order valence-electron chi connectivity index (χ3n) is 5.86. The third kappa shape index (κ3) is 4.01. The van der Waals surface area contributed by atoms with Crippen molar-refractivity contribution < 1.29 is 18.0 Å². The average Bonchev–Trinajstić information content (AvgIpc) is 3.37. The standard InChI is InChI=1S/C20H27N3O4S/c1-14-12-16(20(25)23-8-10-28(26,27)11-9-23)18(22-6-2-3-7-22)13-17(14)21-19(24)15-4-5-15/h12-13,15H,2-11H2,1H3,(H,21,24). The van der Waals surface area contributed by atoms with E-state index in [0.717, 1.165) is 55.7 Å². The fraction of sp³-hybridized carbons (Fsp3) is 0.600. The Morgan fingerprint density at radius 1 is 1.04 bits per heavy atom. The molecule has 0 radical (unpaired) electrons. The van der Waals surface area contributed by atoms with Crippen molar-refractivity contribution >= 4 is 33.0 Å². The van der Waals surface area contributed by atoms with Crippen LogP contribution < -0.4 is 10.2 Å². The molecule has 0 spiro atoms. The fourth-order valence-electron chi connectivity index (χ4n) is 3.89. The fourth-order valence-corrected chi connectivity index (χ4v) is 5.09. The van der Waals surface area contributed by atoms with Gasteiger partial charge in [0.1, 0.15) is 0 Å².